The van der Waals surface area contributed by atoms with Crippen LogP contribution >= 0.6 is 15.9 Å². The van der Waals surface area contributed by atoms with E-state index in [2.05, 4.69) is 15.9 Å². The maximum absolute atomic E-state index is 11.6. The van der Waals surface area contributed by atoms with Crippen LogP contribution in [-0.4, -0.2) is 24.1 Å². The van der Waals surface area contributed by atoms with Crippen molar-refractivity contribution in [2.75, 3.05) is 13.7 Å². The molecule has 0 fully saturated rings. The first-order chi connectivity index (χ1) is 8.17. The van der Waals surface area contributed by atoms with E-state index in [1.54, 1.807) is 26.3 Å². The van der Waals surface area contributed by atoms with Crippen LogP contribution in [0.1, 0.15) is 17.3 Å². The normalized spacial score (nSPS) is 10.5. The van der Waals surface area contributed by atoms with E-state index in [1.807, 2.05) is 16.5 Å². The Morgan fingerprint density at radius 3 is 2.88 bits per heavy atom. The highest BCUT2D eigenvalue weighted by molar-refractivity contribution is 9.10. The molecule has 90 valence electrons. The number of hydrogen-bond acceptors (Lipinski definition) is 3. The van der Waals surface area contributed by atoms with Gasteiger partial charge in [0.25, 0.3) is 0 Å². The molecule has 0 aromatic carbocycles. The fraction of sp³-hybridized carbons (Fsp3) is 0.250. The number of carbonyl (C=O) groups is 1. The first kappa shape index (κ1) is 12.0. The summed E-state index contributed by atoms with van der Waals surface area (Å²) in [4.78, 5) is 11.6. The molecule has 2 aromatic heterocycles. The van der Waals surface area contributed by atoms with Gasteiger partial charge in [-0.2, -0.15) is 0 Å². The third kappa shape index (κ3) is 2.15. The van der Waals surface area contributed by atoms with Gasteiger partial charge in [0.05, 0.1) is 29.4 Å². The van der Waals surface area contributed by atoms with Crippen LogP contribution < -0.4 is 4.74 Å². The molecule has 17 heavy (non-hydrogen) atoms. The molecule has 0 aliphatic rings. The molecule has 0 aliphatic heterocycles. The average Bonchev–Trinajstić information content (AvgIpc) is 2.76. The van der Waals surface area contributed by atoms with Gasteiger partial charge in [-0.1, -0.05) is 0 Å². The van der Waals surface area contributed by atoms with Crippen LogP contribution in [0.2, 0.25) is 0 Å². The minimum absolute atomic E-state index is 0.329. The quantitative estimate of drug-likeness (QED) is 0.646. The lowest BCUT2D eigenvalue weighted by atomic mass is 10.3. The molecule has 0 atom stereocenters. The largest absolute Gasteiger partial charge is 0.495 e. The summed E-state index contributed by atoms with van der Waals surface area (Å²) in [5.41, 5.74) is 1.34. The van der Waals surface area contributed by atoms with Crippen LogP contribution in [-0.2, 0) is 4.74 Å². The van der Waals surface area contributed by atoms with E-state index in [9.17, 15) is 4.79 Å². The maximum atomic E-state index is 11.6. The van der Waals surface area contributed by atoms with Crippen LogP contribution in [0.5, 0.6) is 5.75 Å². The molecule has 0 spiro atoms. The SMILES string of the molecule is CCOC(=O)c1cc2c(OC)ccc(Br)n2c1. The topological polar surface area (TPSA) is 39.9 Å². The molecule has 2 heterocycles. The molecule has 2 aromatic rings. The standard InChI is InChI=1S/C12H12BrNO3/c1-3-17-12(15)8-6-9-10(16-2)4-5-11(13)14(9)7-8/h4-7H,3H2,1-2H3. The summed E-state index contributed by atoms with van der Waals surface area (Å²) in [6, 6.07) is 5.46. The van der Waals surface area contributed by atoms with Crippen molar-refractivity contribution in [3.63, 3.8) is 0 Å². The maximum Gasteiger partial charge on any atom is 0.339 e. The van der Waals surface area contributed by atoms with Gasteiger partial charge in [-0.25, -0.2) is 4.79 Å². The zero-order chi connectivity index (χ0) is 12.4. The van der Waals surface area contributed by atoms with Gasteiger partial charge in [-0.3, -0.25) is 0 Å². The van der Waals surface area contributed by atoms with E-state index in [1.165, 1.54) is 0 Å². The third-order valence-electron chi connectivity index (χ3n) is 2.41. The summed E-state index contributed by atoms with van der Waals surface area (Å²) < 4.78 is 12.9. The summed E-state index contributed by atoms with van der Waals surface area (Å²) in [5.74, 6) is 0.383. The molecule has 5 heteroatoms. The first-order valence-corrected chi connectivity index (χ1v) is 5.98. The van der Waals surface area contributed by atoms with E-state index in [0.717, 1.165) is 10.1 Å². The van der Waals surface area contributed by atoms with Gasteiger partial charge >= 0.3 is 5.97 Å². The highest BCUT2D eigenvalue weighted by Crippen LogP contribution is 2.26. The number of carbonyl (C=O) groups excluding carboxylic acids is 1. The Labute approximate surface area is 107 Å². The Kier molecular flexibility index (Phi) is 3.38. The Bertz CT molecular complexity index is 562. The molecule has 0 saturated heterocycles. The lowest BCUT2D eigenvalue weighted by molar-refractivity contribution is 0.0526. The van der Waals surface area contributed by atoms with Crippen molar-refractivity contribution in [3.05, 3.63) is 34.6 Å². The van der Waals surface area contributed by atoms with Crippen molar-refractivity contribution >= 4 is 27.4 Å². The molecule has 2 rings (SSSR count). The summed E-state index contributed by atoms with van der Waals surface area (Å²) >= 11 is 3.42. The van der Waals surface area contributed by atoms with Crippen LogP contribution in [0.3, 0.4) is 0 Å². The molecular formula is C12H12BrNO3. The van der Waals surface area contributed by atoms with Crippen molar-refractivity contribution in [2.45, 2.75) is 6.92 Å². The Balaban J connectivity index is 2.56. The summed E-state index contributed by atoms with van der Waals surface area (Å²) in [6.45, 7) is 2.15. The summed E-state index contributed by atoms with van der Waals surface area (Å²) in [7, 11) is 1.60. The molecule has 0 aliphatic carbocycles. The second-order valence-corrected chi connectivity index (χ2v) is 4.24. The van der Waals surface area contributed by atoms with Crippen molar-refractivity contribution < 1.29 is 14.3 Å². The highest BCUT2D eigenvalue weighted by Gasteiger charge is 2.13. The van der Waals surface area contributed by atoms with Gasteiger partial charge in [0.15, 0.2) is 0 Å². The van der Waals surface area contributed by atoms with E-state index >= 15 is 0 Å². The first-order valence-electron chi connectivity index (χ1n) is 5.19. The molecule has 0 N–H and O–H groups in total. The minimum atomic E-state index is -0.329. The highest BCUT2D eigenvalue weighted by atomic mass is 79.9. The second kappa shape index (κ2) is 4.79. The number of fused-ring (bicyclic) bond motifs is 1. The van der Waals surface area contributed by atoms with E-state index in [0.29, 0.717) is 17.9 Å². The van der Waals surface area contributed by atoms with Crippen molar-refractivity contribution in [1.29, 1.82) is 0 Å². The van der Waals surface area contributed by atoms with Crippen LogP contribution in [0.4, 0.5) is 0 Å². The average molecular weight is 298 g/mol. The molecular weight excluding hydrogens is 286 g/mol. The van der Waals surface area contributed by atoms with E-state index in [-0.39, 0.29) is 5.97 Å². The number of aromatic nitrogens is 1. The Hall–Kier alpha value is -1.49. The number of ether oxygens (including phenoxy) is 2. The van der Waals surface area contributed by atoms with Crippen LogP contribution in [0, 0.1) is 0 Å². The number of nitrogens with zero attached hydrogens (tertiary/aromatic N) is 1. The van der Waals surface area contributed by atoms with Gasteiger partial charge in [0.1, 0.15) is 5.75 Å². The number of rotatable bonds is 3. The van der Waals surface area contributed by atoms with Crippen LogP contribution in [0.15, 0.2) is 29.0 Å². The fourth-order valence-electron chi connectivity index (χ4n) is 1.64. The van der Waals surface area contributed by atoms with Gasteiger partial charge in [0.2, 0.25) is 0 Å². The van der Waals surface area contributed by atoms with Crippen LogP contribution in [0.25, 0.3) is 5.52 Å². The number of methoxy groups -OCH3 is 1. The number of pyridine rings is 1. The fourth-order valence-corrected chi connectivity index (χ4v) is 2.06. The molecule has 0 unspecified atom stereocenters. The molecule has 0 bridgehead atoms. The lowest BCUT2D eigenvalue weighted by Crippen LogP contribution is -2.02. The predicted molar refractivity (Wildman–Crippen MR) is 67.6 cm³/mol. The molecule has 0 amide bonds. The number of halogens is 1. The summed E-state index contributed by atoms with van der Waals surface area (Å²) in [6.07, 6.45) is 1.72. The zero-order valence-corrected chi connectivity index (χ0v) is 11.2. The number of esters is 1. The third-order valence-corrected chi connectivity index (χ3v) is 3.05. The summed E-state index contributed by atoms with van der Waals surface area (Å²) in [5, 5.41) is 0. The molecule has 0 radical (unpaired) electrons. The van der Waals surface area contributed by atoms with Gasteiger partial charge in [-0.15, -0.1) is 0 Å². The molecule has 0 saturated carbocycles. The molecule has 4 nitrogen and oxygen atoms in total. The van der Waals surface area contributed by atoms with Crippen molar-refractivity contribution in [2.24, 2.45) is 0 Å². The van der Waals surface area contributed by atoms with E-state index < -0.39 is 0 Å². The van der Waals surface area contributed by atoms with Gasteiger partial charge < -0.3 is 13.9 Å². The lowest BCUT2D eigenvalue weighted by Gasteiger charge is -2.04. The Morgan fingerprint density at radius 1 is 1.47 bits per heavy atom. The smallest absolute Gasteiger partial charge is 0.339 e. The minimum Gasteiger partial charge on any atom is -0.495 e. The van der Waals surface area contributed by atoms with Crippen molar-refractivity contribution in [1.82, 2.24) is 4.40 Å². The predicted octanol–water partition coefficient (Wildman–Crippen LogP) is 2.89. The Morgan fingerprint density at radius 2 is 2.24 bits per heavy atom. The number of hydrogen-bond donors (Lipinski definition) is 0. The zero-order valence-electron chi connectivity index (χ0n) is 9.57. The van der Waals surface area contributed by atoms with Gasteiger partial charge in [0, 0.05) is 6.20 Å². The monoisotopic (exact) mass is 297 g/mol. The van der Waals surface area contributed by atoms with Crippen molar-refractivity contribution in [3.8, 4) is 5.75 Å². The van der Waals surface area contributed by atoms with Gasteiger partial charge in [-0.05, 0) is 41.1 Å². The van der Waals surface area contributed by atoms with E-state index in [4.69, 9.17) is 9.47 Å². The second-order valence-electron chi connectivity index (χ2n) is 3.43.